The van der Waals surface area contributed by atoms with E-state index in [4.69, 9.17) is 9.47 Å². The van der Waals surface area contributed by atoms with Crippen molar-refractivity contribution in [2.75, 3.05) is 17.7 Å². The number of rotatable bonds is 5. The van der Waals surface area contributed by atoms with Crippen molar-refractivity contribution in [2.45, 2.75) is 24.3 Å². The maximum absolute atomic E-state index is 13.3. The van der Waals surface area contributed by atoms with Crippen LogP contribution in [-0.2, 0) is 14.3 Å². The molecule has 174 valence electrons. The zero-order valence-corrected chi connectivity index (χ0v) is 19.7. The van der Waals surface area contributed by atoms with Gasteiger partial charge >= 0.3 is 16.8 Å². The molecule has 2 aliphatic rings. The van der Waals surface area contributed by atoms with E-state index in [-0.39, 0.29) is 23.8 Å². The molecule has 0 saturated heterocycles. The maximum Gasteiger partial charge on any atom is 0.338 e. The van der Waals surface area contributed by atoms with Gasteiger partial charge in [-0.3, -0.25) is 14.4 Å². The summed E-state index contributed by atoms with van der Waals surface area (Å²) in [5, 5.41) is 3.55. The van der Waals surface area contributed by atoms with Gasteiger partial charge in [-0.05, 0) is 37.3 Å². The molecule has 0 fully saturated rings. The van der Waals surface area contributed by atoms with Crippen LogP contribution in [0.15, 0.2) is 58.4 Å². The highest BCUT2D eigenvalue weighted by atomic mass is 32.2. The molecule has 10 heteroatoms. The SMILES string of the molecule is CCOC(=O)c1ccc(NC(=O)C[C@]23CSc4[nH]c(=O)sc4[C@H]2c2ccccc2OC3=O)cc1. The molecule has 34 heavy (non-hydrogen) atoms. The van der Waals surface area contributed by atoms with Crippen LogP contribution in [0.4, 0.5) is 5.69 Å². The summed E-state index contributed by atoms with van der Waals surface area (Å²) in [5.41, 5.74) is 0.493. The summed E-state index contributed by atoms with van der Waals surface area (Å²) in [6, 6.07) is 13.6. The molecule has 0 radical (unpaired) electrons. The Kier molecular flexibility index (Phi) is 5.78. The fourth-order valence-electron chi connectivity index (χ4n) is 4.41. The van der Waals surface area contributed by atoms with E-state index in [2.05, 4.69) is 10.3 Å². The Labute approximate surface area is 202 Å². The minimum Gasteiger partial charge on any atom is -0.462 e. The third-order valence-corrected chi connectivity index (χ3v) is 8.27. The number of benzene rings is 2. The Bertz CT molecular complexity index is 1350. The van der Waals surface area contributed by atoms with Gasteiger partial charge in [0.1, 0.15) is 5.75 Å². The summed E-state index contributed by atoms with van der Waals surface area (Å²) in [6.45, 7) is 2.00. The van der Waals surface area contributed by atoms with Crippen molar-refractivity contribution in [2.24, 2.45) is 5.41 Å². The van der Waals surface area contributed by atoms with Crippen molar-refractivity contribution >= 4 is 46.6 Å². The number of H-pyrrole nitrogens is 1. The number of ether oxygens (including phenoxy) is 2. The van der Waals surface area contributed by atoms with E-state index in [0.717, 1.165) is 26.8 Å². The lowest BCUT2D eigenvalue weighted by atomic mass is 9.68. The second kappa shape index (κ2) is 8.77. The number of esters is 2. The van der Waals surface area contributed by atoms with Crippen LogP contribution >= 0.6 is 23.1 Å². The number of aromatic nitrogens is 1. The molecule has 3 aromatic rings. The summed E-state index contributed by atoms with van der Waals surface area (Å²) in [6.07, 6.45) is -0.122. The van der Waals surface area contributed by atoms with Crippen molar-refractivity contribution in [3.05, 3.63) is 74.2 Å². The molecule has 5 rings (SSSR count). The zero-order chi connectivity index (χ0) is 23.9. The number of fused-ring (bicyclic) bond motifs is 5. The van der Waals surface area contributed by atoms with Crippen LogP contribution in [0.1, 0.15) is 40.1 Å². The first-order valence-electron chi connectivity index (χ1n) is 10.7. The number of carbonyl (C=O) groups excluding carboxylic acids is 3. The minimum absolute atomic E-state index is 0.122. The van der Waals surface area contributed by atoms with Gasteiger partial charge in [0.05, 0.1) is 22.6 Å². The Morgan fingerprint density at radius 1 is 1.18 bits per heavy atom. The maximum atomic E-state index is 13.3. The van der Waals surface area contributed by atoms with Crippen LogP contribution in [-0.4, -0.2) is 35.2 Å². The smallest absolute Gasteiger partial charge is 0.338 e. The first kappa shape index (κ1) is 22.4. The standard InChI is InChI=1S/C24H20N2O6S2/c1-2-31-21(28)13-7-9-14(10-8-13)25-17(27)11-24-12-33-20-19(34-23(30)26-20)18(24)15-5-3-4-6-16(15)32-22(24)29/h3-10,18H,2,11-12H2,1H3,(H,25,27)(H,26,30)/t18-,24+/m1/s1. The van der Waals surface area contributed by atoms with Gasteiger partial charge in [0.25, 0.3) is 0 Å². The average Bonchev–Trinajstić information content (AvgIpc) is 3.20. The normalized spacial score (nSPS) is 20.4. The summed E-state index contributed by atoms with van der Waals surface area (Å²) in [7, 11) is 0. The molecule has 8 nitrogen and oxygen atoms in total. The molecule has 3 heterocycles. The number of nitrogens with one attached hydrogen (secondary N) is 2. The van der Waals surface area contributed by atoms with Crippen LogP contribution in [0.2, 0.25) is 0 Å². The van der Waals surface area contributed by atoms with E-state index in [1.54, 1.807) is 43.3 Å². The lowest BCUT2D eigenvalue weighted by Crippen LogP contribution is -2.49. The van der Waals surface area contributed by atoms with Gasteiger partial charge in [0, 0.05) is 34.2 Å². The van der Waals surface area contributed by atoms with E-state index in [9.17, 15) is 19.2 Å². The number of hydrogen-bond donors (Lipinski definition) is 2. The van der Waals surface area contributed by atoms with Crippen LogP contribution in [0.3, 0.4) is 0 Å². The summed E-state index contributed by atoms with van der Waals surface area (Å²) < 4.78 is 10.7. The highest BCUT2D eigenvalue weighted by molar-refractivity contribution is 7.99. The van der Waals surface area contributed by atoms with Gasteiger partial charge in [0.2, 0.25) is 5.91 Å². The Hall–Kier alpha value is -3.37. The number of aromatic amines is 1. The van der Waals surface area contributed by atoms with Crippen LogP contribution < -0.4 is 14.9 Å². The van der Waals surface area contributed by atoms with E-state index < -0.39 is 23.3 Å². The average molecular weight is 497 g/mol. The van der Waals surface area contributed by atoms with Gasteiger partial charge in [-0.25, -0.2) is 4.79 Å². The molecular weight excluding hydrogens is 476 g/mol. The topological polar surface area (TPSA) is 115 Å². The van der Waals surface area contributed by atoms with E-state index in [1.807, 2.05) is 12.1 Å². The van der Waals surface area contributed by atoms with Crippen LogP contribution in [0.5, 0.6) is 5.75 Å². The third-order valence-electron chi connectivity index (χ3n) is 5.93. The molecule has 2 atom stereocenters. The third kappa shape index (κ3) is 3.82. The second-order valence-corrected chi connectivity index (χ2v) is 10.0. The molecule has 0 spiro atoms. The lowest BCUT2D eigenvalue weighted by molar-refractivity contribution is -0.149. The molecule has 1 amide bonds. The quantitative estimate of drug-likeness (QED) is 0.408. The molecule has 1 aromatic heterocycles. The Morgan fingerprint density at radius 3 is 2.71 bits per heavy atom. The number of thioether (sulfide) groups is 1. The Morgan fingerprint density at radius 2 is 1.94 bits per heavy atom. The number of carbonyl (C=O) groups is 3. The van der Waals surface area contributed by atoms with E-state index in [0.29, 0.717) is 22.8 Å². The van der Waals surface area contributed by atoms with Crippen LogP contribution in [0, 0.1) is 5.41 Å². The highest BCUT2D eigenvalue weighted by Crippen LogP contribution is 2.58. The highest BCUT2D eigenvalue weighted by Gasteiger charge is 2.57. The molecule has 2 aliphatic heterocycles. The number of hydrogen-bond acceptors (Lipinski definition) is 8. The first-order chi connectivity index (χ1) is 16.4. The fourth-order valence-corrected chi connectivity index (χ4v) is 6.96. The molecule has 2 N–H and O–H groups in total. The van der Waals surface area contributed by atoms with Gasteiger partial charge < -0.3 is 19.8 Å². The number of para-hydroxylation sites is 1. The molecule has 0 aliphatic carbocycles. The van der Waals surface area contributed by atoms with Gasteiger partial charge in [-0.2, -0.15) is 0 Å². The predicted molar refractivity (Wildman–Crippen MR) is 128 cm³/mol. The van der Waals surface area contributed by atoms with Crippen molar-refractivity contribution in [1.29, 1.82) is 0 Å². The van der Waals surface area contributed by atoms with Crippen molar-refractivity contribution in [3.63, 3.8) is 0 Å². The van der Waals surface area contributed by atoms with E-state index in [1.165, 1.54) is 11.8 Å². The van der Waals surface area contributed by atoms with Gasteiger partial charge in [-0.15, -0.1) is 11.8 Å². The van der Waals surface area contributed by atoms with Gasteiger partial charge in [-0.1, -0.05) is 29.5 Å². The first-order valence-corrected chi connectivity index (χ1v) is 12.5. The monoisotopic (exact) mass is 496 g/mol. The molecular formula is C24H20N2O6S2. The number of anilines is 1. The van der Waals surface area contributed by atoms with Gasteiger partial charge in [0.15, 0.2) is 0 Å². The van der Waals surface area contributed by atoms with Crippen molar-refractivity contribution < 1.29 is 23.9 Å². The largest absolute Gasteiger partial charge is 0.462 e. The summed E-state index contributed by atoms with van der Waals surface area (Å²) in [4.78, 5) is 53.9. The second-order valence-electron chi connectivity index (χ2n) is 8.04. The van der Waals surface area contributed by atoms with Crippen LogP contribution in [0.25, 0.3) is 0 Å². The molecule has 0 bridgehead atoms. The summed E-state index contributed by atoms with van der Waals surface area (Å²) in [5.74, 6) is -1.02. The lowest BCUT2D eigenvalue weighted by Gasteiger charge is -2.44. The van der Waals surface area contributed by atoms with Crippen molar-refractivity contribution in [3.8, 4) is 5.75 Å². The summed E-state index contributed by atoms with van der Waals surface area (Å²) >= 11 is 2.42. The molecule has 0 saturated carbocycles. The minimum atomic E-state index is -1.16. The zero-order valence-electron chi connectivity index (χ0n) is 18.1. The fraction of sp³-hybridized carbons (Fsp3) is 0.250. The molecule has 2 aromatic carbocycles. The Balaban J connectivity index is 1.45. The number of amides is 1. The van der Waals surface area contributed by atoms with Crippen molar-refractivity contribution in [1.82, 2.24) is 4.98 Å². The van der Waals surface area contributed by atoms with E-state index >= 15 is 0 Å². The number of thiazole rings is 1. The molecule has 0 unspecified atom stereocenters. The predicted octanol–water partition coefficient (Wildman–Crippen LogP) is 3.78.